The van der Waals surface area contributed by atoms with E-state index in [0.29, 0.717) is 13.2 Å². The maximum absolute atomic E-state index is 13.7. The molecule has 2 aliphatic rings. The number of fused-ring (bicyclic) bond motifs is 1. The lowest BCUT2D eigenvalue weighted by Gasteiger charge is -2.25. The average Bonchev–Trinajstić information content (AvgIpc) is 3.76. The zero-order chi connectivity index (χ0) is 39.0. The highest BCUT2D eigenvalue weighted by atomic mass is 16.6. The number of hydrogen-bond acceptors (Lipinski definition) is 11. The van der Waals surface area contributed by atoms with E-state index in [2.05, 4.69) is 26.3 Å². The van der Waals surface area contributed by atoms with Gasteiger partial charge in [0.05, 0.1) is 25.9 Å². The number of ether oxygens (including phenoxy) is 6. The van der Waals surface area contributed by atoms with Crippen LogP contribution in [-0.4, -0.2) is 85.9 Å². The summed E-state index contributed by atoms with van der Waals surface area (Å²) in [5.41, 5.74) is 1.76. The maximum atomic E-state index is 13.7. The largest absolute Gasteiger partial charge is 0.444 e. The molecule has 2 aliphatic heterocycles. The lowest BCUT2D eigenvalue weighted by Crippen LogP contribution is -2.53. The van der Waals surface area contributed by atoms with Crippen LogP contribution in [0, 0.1) is 0 Å². The predicted molar refractivity (Wildman–Crippen MR) is 201 cm³/mol. The summed E-state index contributed by atoms with van der Waals surface area (Å²) in [6.07, 6.45) is -3.19. The normalized spacial score (nSPS) is 19.3. The van der Waals surface area contributed by atoms with Gasteiger partial charge in [0, 0.05) is 6.54 Å². The second-order valence-electron chi connectivity index (χ2n) is 14.0. The first kappa shape index (κ1) is 40.7. The molecule has 2 fully saturated rings. The molecule has 15 heteroatoms. The molecule has 5 atom stereocenters. The van der Waals surface area contributed by atoms with Gasteiger partial charge in [0.15, 0.2) is 0 Å². The van der Waals surface area contributed by atoms with Crippen molar-refractivity contribution in [2.45, 2.75) is 89.4 Å². The Morgan fingerprint density at radius 2 is 1.25 bits per heavy atom. The first-order valence-corrected chi connectivity index (χ1v) is 18.2. The van der Waals surface area contributed by atoms with E-state index in [1.807, 2.05) is 66.7 Å². The molecule has 2 heterocycles. The van der Waals surface area contributed by atoms with Crippen LogP contribution in [0.4, 0.5) is 14.4 Å². The van der Waals surface area contributed by atoms with Crippen molar-refractivity contribution in [3.05, 3.63) is 108 Å². The quantitative estimate of drug-likeness (QED) is 0.0776. The van der Waals surface area contributed by atoms with Crippen molar-refractivity contribution in [1.29, 1.82) is 0 Å². The van der Waals surface area contributed by atoms with Gasteiger partial charge in [-0.2, -0.15) is 0 Å². The molecule has 0 saturated carbocycles. The zero-order valence-electron chi connectivity index (χ0n) is 31.2. The monoisotopic (exact) mass is 759 g/mol. The Kier molecular flexibility index (Phi) is 15.0. The minimum Gasteiger partial charge on any atom is -0.444 e. The standard InChI is InChI=1S/C40H49N5O10/c1-40(2,3)55-39(49)43-30(35(46)42-31-25-51-34-32(26-52-33(31)34)50-22-27-14-7-4-8-15-27)20-13-21-41-36(44-37(47)53-23-28-16-9-5-10-17-28)45-38(48)54-24-29-18-11-6-12-19-29/h4-12,14-19,30-34H,13,20-26H2,1-3H3,(H,42,46)(H,43,49)(H2,41,44,45,47,48)/t30-,31-,32-,33+,34+/m0/s1. The third kappa shape index (κ3) is 13.7. The number of guanidine groups is 1. The topological polar surface area (TPSA) is 184 Å². The van der Waals surface area contributed by atoms with Gasteiger partial charge in [-0.15, -0.1) is 0 Å². The lowest BCUT2D eigenvalue weighted by molar-refractivity contribution is -0.124. The molecule has 0 radical (unpaired) electrons. The number of amides is 4. The number of alkyl carbamates (subject to hydrolysis) is 3. The van der Waals surface area contributed by atoms with Crippen molar-refractivity contribution in [3.8, 4) is 0 Å². The second-order valence-corrected chi connectivity index (χ2v) is 14.0. The molecule has 0 aliphatic carbocycles. The lowest BCUT2D eigenvalue weighted by atomic mass is 10.1. The van der Waals surface area contributed by atoms with E-state index in [-0.39, 0.29) is 57.4 Å². The van der Waals surface area contributed by atoms with Gasteiger partial charge >= 0.3 is 18.3 Å². The number of nitrogens with one attached hydrogen (secondary N) is 4. The summed E-state index contributed by atoms with van der Waals surface area (Å²) in [6.45, 7) is 6.10. The molecular weight excluding hydrogens is 710 g/mol. The minimum absolute atomic E-state index is 0.00835. The molecule has 2 saturated heterocycles. The van der Waals surface area contributed by atoms with Crippen LogP contribution in [0.1, 0.15) is 50.3 Å². The number of benzene rings is 3. The van der Waals surface area contributed by atoms with Crippen molar-refractivity contribution in [2.24, 2.45) is 4.99 Å². The van der Waals surface area contributed by atoms with Crippen molar-refractivity contribution in [3.63, 3.8) is 0 Å². The Labute approximate surface area is 320 Å². The van der Waals surface area contributed by atoms with E-state index < -0.39 is 48.0 Å². The first-order valence-electron chi connectivity index (χ1n) is 18.2. The SMILES string of the molecule is CC(C)(C)OC(=O)N[C@@H](CCCN=C(NC(=O)OCc1ccccc1)NC(=O)OCc1ccccc1)C(=O)N[C@H]1CO[C@H]2[C@@H]1OC[C@@H]2OCc1ccccc1. The number of nitrogens with zero attached hydrogens (tertiary/aromatic N) is 1. The van der Waals surface area contributed by atoms with E-state index in [0.717, 1.165) is 16.7 Å². The molecule has 55 heavy (non-hydrogen) atoms. The van der Waals surface area contributed by atoms with Crippen LogP contribution in [0.25, 0.3) is 0 Å². The third-order valence-electron chi connectivity index (χ3n) is 8.44. The number of rotatable bonds is 14. The van der Waals surface area contributed by atoms with Crippen LogP contribution in [0.15, 0.2) is 96.0 Å². The first-order chi connectivity index (χ1) is 26.5. The fraction of sp³-hybridized carbons (Fsp3) is 0.425. The van der Waals surface area contributed by atoms with Crippen molar-refractivity contribution >= 4 is 30.1 Å². The van der Waals surface area contributed by atoms with Gasteiger partial charge in [0.1, 0.15) is 43.2 Å². The molecule has 4 amide bonds. The Morgan fingerprint density at radius 1 is 0.727 bits per heavy atom. The summed E-state index contributed by atoms with van der Waals surface area (Å²) < 4.78 is 34.1. The Morgan fingerprint density at radius 3 is 1.80 bits per heavy atom. The molecule has 3 aromatic rings. The molecule has 294 valence electrons. The highest BCUT2D eigenvalue weighted by Crippen LogP contribution is 2.29. The van der Waals surface area contributed by atoms with Crippen molar-refractivity contribution in [2.75, 3.05) is 19.8 Å². The van der Waals surface area contributed by atoms with Crippen LogP contribution >= 0.6 is 0 Å². The van der Waals surface area contributed by atoms with Crippen molar-refractivity contribution < 1.29 is 47.6 Å². The van der Waals surface area contributed by atoms with Crippen LogP contribution in [0.3, 0.4) is 0 Å². The third-order valence-corrected chi connectivity index (χ3v) is 8.44. The summed E-state index contributed by atoms with van der Waals surface area (Å²) in [4.78, 5) is 56.2. The van der Waals surface area contributed by atoms with Gasteiger partial charge in [-0.3, -0.25) is 20.4 Å². The van der Waals surface area contributed by atoms with E-state index in [4.69, 9.17) is 28.4 Å². The van der Waals surface area contributed by atoms with Gasteiger partial charge in [-0.1, -0.05) is 91.0 Å². The molecule has 4 N–H and O–H groups in total. The molecular formula is C40H49N5O10. The number of carbonyl (C=O) groups is 4. The summed E-state index contributed by atoms with van der Waals surface area (Å²) in [5, 5.41) is 10.5. The molecule has 5 rings (SSSR count). The fourth-order valence-electron chi connectivity index (χ4n) is 5.82. The van der Waals surface area contributed by atoms with E-state index in [1.54, 1.807) is 45.0 Å². The summed E-state index contributed by atoms with van der Waals surface area (Å²) >= 11 is 0. The van der Waals surface area contributed by atoms with Gasteiger partial charge in [0.25, 0.3) is 0 Å². The number of carbonyl (C=O) groups excluding carboxylic acids is 4. The summed E-state index contributed by atoms with van der Waals surface area (Å²) in [5.74, 6) is -0.680. The second kappa shape index (κ2) is 20.2. The van der Waals surface area contributed by atoms with Crippen LogP contribution in [0.5, 0.6) is 0 Å². The smallest absolute Gasteiger partial charge is 0.414 e. The average molecular weight is 760 g/mol. The highest BCUT2D eigenvalue weighted by Gasteiger charge is 2.49. The van der Waals surface area contributed by atoms with E-state index >= 15 is 0 Å². The van der Waals surface area contributed by atoms with E-state index in [1.165, 1.54) is 0 Å². The Balaban J connectivity index is 1.18. The number of hydrogen-bond donors (Lipinski definition) is 4. The molecule has 3 aromatic carbocycles. The van der Waals surface area contributed by atoms with Crippen LogP contribution < -0.4 is 21.3 Å². The summed E-state index contributed by atoms with van der Waals surface area (Å²) in [7, 11) is 0. The van der Waals surface area contributed by atoms with Gasteiger partial charge in [-0.25, -0.2) is 14.4 Å². The van der Waals surface area contributed by atoms with Crippen LogP contribution in [0.2, 0.25) is 0 Å². The summed E-state index contributed by atoms with van der Waals surface area (Å²) in [6, 6.07) is 26.5. The van der Waals surface area contributed by atoms with Gasteiger partial charge < -0.3 is 39.1 Å². The Hall–Kier alpha value is -5.51. The van der Waals surface area contributed by atoms with Gasteiger partial charge in [-0.05, 0) is 50.3 Å². The molecule has 0 spiro atoms. The molecule has 15 nitrogen and oxygen atoms in total. The molecule has 0 unspecified atom stereocenters. The maximum Gasteiger partial charge on any atom is 0.414 e. The minimum atomic E-state index is -1.02. The van der Waals surface area contributed by atoms with Crippen molar-refractivity contribution in [1.82, 2.24) is 21.3 Å². The predicted octanol–water partition coefficient (Wildman–Crippen LogP) is 4.74. The Bertz CT molecular complexity index is 1660. The van der Waals surface area contributed by atoms with Crippen LogP contribution in [-0.2, 0) is 53.0 Å². The molecule has 0 bridgehead atoms. The highest BCUT2D eigenvalue weighted by molar-refractivity contribution is 6.01. The van der Waals surface area contributed by atoms with E-state index in [9.17, 15) is 19.2 Å². The molecule has 0 aromatic heterocycles. The number of aliphatic imine (C=N–C) groups is 1. The fourth-order valence-corrected chi connectivity index (χ4v) is 5.82. The zero-order valence-corrected chi connectivity index (χ0v) is 31.2. The van der Waals surface area contributed by atoms with Gasteiger partial charge in [0.2, 0.25) is 11.9 Å².